The molecule has 0 atom stereocenters. The molecule has 0 unspecified atom stereocenters. The fourth-order valence-electron chi connectivity index (χ4n) is 1.38. The highest BCUT2D eigenvalue weighted by molar-refractivity contribution is 5.92. The lowest BCUT2D eigenvalue weighted by Gasteiger charge is -2.04. The van der Waals surface area contributed by atoms with E-state index in [1.165, 1.54) is 0 Å². The first-order chi connectivity index (χ1) is 8.74. The van der Waals surface area contributed by atoms with E-state index in [1.54, 1.807) is 12.4 Å². The Hall–Kier alpha value is -2.43. The molecule has 0 bridgehead atoms. The SMILES string of the molecule is Cc1cnc(CN=C(N)Nc2ccccc2)cn1. The molecule has 0 aliphatic heterocycles. The quantitative estimate of drug-likeness (QED) is 0.633. The van der Waals surface area contributed by atoms with Crippen LogP contribution in [0.25, 0.3) is 0 Å². The van der Waals surface area contributed by atoms with Crippen LogP contribution in [0.1, 0.15) is 11.4 Å². The summed E-state index contributed by atoms with van der Waals surface area (Å²) in [4.78, 5) is 12.6. The maximum atomic E-state index is 5.77. The number of nitrogens with one attached hydrogen (secondary N) is 1. The third kappa shape index (κ3) is 3.55. The number of nitrogens with zero attached hydrogens (tertiary/aromatic N) is 3. The van der Waals surface area contributed by atoms with Gasteiger partial charge in [-0.2, -0.15) is 0 Å². The van der Waals surface area contributed by atoms with E-state index >= 15 is 0 Å². The third-order valence-electron chi connectivity index (χ3n) is 2.29. The smallest absolute Gasteiger partial charge is 0.193 e. The van der Waals surface area contributed by atoms with Crippen molar-refractivity contribution in [3.8, 4) is 0 Å². The van der Waals surface area contributed by atoms with E-state index in [1.807, 2.05) is 37.3 Å². The molecule has 0 spiro atoms. The molecular formula is C13H15N5. The van der Waals surface area contributed by atoms with Gasteiger partial charge in [0.1, 0.15) is 0 Å². The number of aliphatic imine (C=N–C) groups is 1. The first kappa shape index (κ1) is 12.0. The largest absolute Gasteiger partial charge is 0.370 e. The van der Waals surface area contributed by atoms with E-state index in [-0.39, 0.29) is 0 Å². The molecule has 0 saturated heterocycles. The lowest BCUT2D eigenvalue weighted by Crippen LogP contribution is -2.22. The molecule has 5 heteroatoms. The lowest BCUT2D eigenvalue weighted by molar-refractivity contribution is 0.944. The summed E-state index contributed by atoms with van der Waals surface area (Å²) in [6.07, 6.45) is 3.42. The van der Waals surface area contributed by atoms with Crippen LogP contribution in [-0.2, 0) is 6.54 Å². The summed E-state index contributed by atoms with van der Waals surface area (Å²) >= 11 is 0. The average Bonchev–Trinajstić information content (AvgIpc) is 2.39. The molecule has 3 N–H and O–H groups in total. The van der Waals surface area contributed by atoms with Crippen molar-refractivity contribution in [3.63, 3.8) is 0 Å². The first-order valence-corrected chi connectivity index (χ1v) is 5.63. The summed E-state index contributed by atoms with van der Waals surface area (Å²) in [7, 11) is 0. The molecule has 2 rings (SSSR count). The van der Waals surface area contributed by atoms with Crippen LogP contribution >= 0.6 is 0 Å². The Morgan fingerprint density at radius 1 is 1.22 bits per heavy atom. The number of rotatable bonds is 3. The van der Waals surface area contributed by atoms with Crippen molar-refractivity contribution in [1.82, 2.24) is 9.97 Å². The molecule has 0 radical (unpaired) electrons. The molecule has 0 aliphatic rings. The number of hydrogen-bond acceptors (Lipinski definition) is 3. The highest BCUT2D eigenvalue weighted by Crippen LogP contribution is 2.04. The number of hydrogen-bond donors (Lipinski definition) is 2. The van der Waals surface area contributed by atoms with Crippen LogP contribution in [0.5, 0.6) is 0 Å². The highest BCUT2D eigenvalue weighted by atomic mass is 15.1. The van der Waals surface area contributed by atoms with E-state index in [9.17, 15) is 0 Å². The minimum atomic E-state index is 0.364. The van der Waals surface area contributed by atoms with Crippen molar-refractivity contribution in [2.24, 2.45) is 10.7 Å². The van der Waals surface area contributed by atoms with E-state index < -0.39 is 0 Å². The average molecular weight is 241 g/mol. The van der Waals surface area contributed by atoms with E-state index in [0.29, 0.717) is 12.5 Å². The van der Waals surface area contributed by atoms with Crippen LogP contribution in [0.15, 0.2) is 47.7 Å². The van der Waals surface area contributed by atoms with Crippen molar-refractivity contribution in [3.05, 3.63) is 54.1 Å². The van der Waals surface area contributed by atoms with Gasteiger partial charge < -0.3 is 11.1 Å². The fraction of sp³-hybridized carbons (Fsp3) is 0.154. The predicted octanol–water partition coefficient (Wildman–Crippen LogP) is 1.71. The summed E-state index contributed by atoms with van der Waals surface area (Å²) < 4.78 is 0. The van der Waals surface area contributed by atoms with Crippen molar-refractivity contribution < 1.29 is 0 Å². The number of guanidine groups is 1. The summed E-state index contributed by atoms with van der Waals surface area (Å²) in [6, 6.07) is 9.66. The lowest BCUT2D eigenvalue weighted by atomic mass is 10.3. The van der Waals surface area contributed by atoms with Crippen LogP contribution in [0.2, 0.25) is 0 Å². The van der Waals surface area contributed by atoms with Gasteiger partial charge in [0.15, 0.2) is 5.96 Å². The molecule has 0 fully saturated rings. The minimum Gasteiger partial charge on any atom is -0.370 e. The summed E-state index contributed by atoms with van der Waals surface area (Å²) in [6.45, 7) is 2.31. The Kier molecular flexibility index (Phi) is 3.86. The number of benzene rings is 1. The summed E-state index contributed by atoms with van der Waals surface area (Å²) in [5.74, 6) is 0.364. The molecule has 1 aromatic carbocycles. The van der Waals surface area contributed by atoms with Crippen LogP contribution in [0.3, 0.4) is 0 Å². The zero-order chi connectivity index (χ0) is 12.8. The van der Waals surface area contributed by atoms with E-state index in [0.717, 1.165) is 17.1 Å². The van der Waals surface area contributed by atoms with Crippen LogP contribution in [-0.4, -0.2) is 15.9 Å². The second-order valence-electron chi connectivity index (χ2n) is 3.84. The topological polar surface area (TPSA) is 76.2 Å². The van der Waals surface area contributed by atoms with Crippen molar-refractivity contribution in [2.45, 2.75) is 13.5 Å². The number of aromatic nitrogens is 2. The van der Waals surface area contributed by atoms with Gasteiger partial charge in [0.25, 0.3) is 0 Å². The first-order valence-electron chi connectivity index (χ1n) is 5.63. The molecule has 0 amide bonds. The normalized spacial score (nSPS) is 11.3. The fourth-order valence-corrected chi connectivity index (χ4v) is 1.38. The Labute approximate surface area is 106 Å². The van der Waals surface area contributed by atoms with Crippen molar-refractivity contribution in [2.75, 3.05) is 5.32 Å². The molecule has 1 aromatic heterocycles. The van der Waals surface area contributed by atoms with Crippen LogP contribution in [0.4, 0.5) is 5.69 Å². The number of aryl methyl sites for hydroxylation is 1. The number of para-hydroxylation sites is 1. The second-order valence-corrected chi connectivity index (χ2v) is 3.84. The Morgan fingerprint density at radius 2 is 2.00 bits per heavy atom. The Bertz CT molecular complexity index is 519. The minimum absolute atomic E-state index is 0.364. The monoisotopic (exact) mass is 241 g/mol. The maximum absolute atomic E-state index is 5.77. The van der Waals surface area contributed by atoms with Gasteiger partial charge in [0.2, 0.25) is 0 Å². The number of anilines is 1. The molecule has 2 aromatic rings. The Morgan fingerprint density at radius 3 is 2.67 bits per heavy atom. The van der Waals surface area contributed by atoms with Crippen LogP contribution in [0, 0.1) is 6.92 Å². The van der Waals surface area contributed by atoms with E-state index in [2.05, 4.69) is 20.3 Å². The molecule has 1 heterocycles. The summed E-state index contributed by atoms with van der Waals surface area (Å²) in [5, 5.41) is 3.00. The maximum Gasteiger partial charge on any atom is 0.193 e. The van der Waals surface area contributed by atoms with Gasteiger partial charge in [-0.05, 0) is 19.1 Å². The summed E-state index contributed by atoms with van der Waals surface area (Å²) in [5.41, 5.74) is 8.36. The molecule has 92 valence electrons. The molecular weight excluding hydrogens is 226 g/mol. The molecule has 0 aliphatic carbocycles. The standard InChI is InChI=1S/C13H15N5/c1-10-7-16-12(8-15-10)9-17-13(14)18-11-5-3-2-4-6-11/h2-8H,9H2,1H3,(H3,14,17,18). The van der Waals surface area contributed by atoms with Crippen LogP contribution < -0.4 is 11.1 Å². The zero-order valence-corrected chi connectivity index (χ0v) is 10.2. The van der Waals surface area contributed by atoms with Gasteiger partial charge in [0, 0.05) is 11.9 Å². The van der Waals surface area contributed by atoms with Crippen molar-refractivity contribution >= 4 is 11.6 Å². The van der Waals surface area contributed by atoms with Gasteiger partial charge in [-0.15, -0.1) is 0 Å². The van der Waals surface area contributed by atoms with Gasteiger partial charge >= 0.3 is 0 Å². The van der Waals surface area contributed by atoms with Gasteiger partial charge in [0.05, 0.1) is 24.1 Å². The Balaban J connectivity index is 1.95. The van der Waals surface area contributed by atoms with E-state index in [4.69, 9.17) is 5.73 Å². The molecule has 5 nitrogen and oxygen atoms in total. The zero-order valence-electron chi connectivity index (χ0n) is 10.2. The molecule has 0 saturated carbocycles. The van der Waals surface area contributed by atoms with Gasteiger partial charge in [-0.3, -0.25) is 9.97 Å². The number of nitrogens with two attached hydrogens (primary N) is 1. The third-order valence-corrected chi connectivity index (χ3v) is 2.29. The van der Waals surface area contributed by atoms with Gasteiger partial charge in [-0.1, -0.05) is 18.2 Å². The predicted molar refractivity (Wildman–Crippen MR) is 72.2 cm³/mol. The highest BCUT2D eigenvalue weighted by Gasteiger charge is 1.96. The van der Waals surface area contributed by atoms with Crippen molar-refractivity contribution in [1.29, 1.82) is 0 Å². The molecule has 18 heavy (non-hydrogen) atoms. The van der Waals surface area contributed by atoms with Gasteiger partial charge in [-0.25, -0.2) is 4.99 Å². The second kappa shape index (κ2) is 5.77.